The number of hydrogen-bond acceptors (Lipinski definition) is 6. The molecule has 2 unspecified atom stereocenters. The van der Waals surface area contributed by atoms with Crippen molar-refractivity contribution in [2.75, 3.05) is 18.9 Å². The van der Waals surface area contributed by atoms with Gasteiger partial charge in [-0.25, -0.2) is 13.9 Å². The summed E-state index contributed by atoms with van der Waals surface area (Å²) < 4.78 is 58.4. The van der Waals surface area contributed by atoms with Gasteiger partial charge in [0, 0.05) is 18.9 Å². The lowest BCUT2D eigenvalue weighted by Gasteiger charge is -2.15. The molecule has 3 N–H and O–H groups in total. The number of hydrogen-bond donors (Lipinski definition) is 2. The SMILES string of the molecule is CC(c1ccc(-c2c(F)cc3cnc(N)nn23)nc1)C(F)(F)F.OC1CCCOC1. The number of aliphatic hydroxyl groups is 1. The number of nitrogens with zero attached hydrogens (tertiary/aromatic N) is 4. The highest BCUT2D eigenvalue weighted by atomic mass is 19.4. The van der Waals surface area contributed by atoms with E-state index >= 15 is 0 Å². The molecule has 4 heterocycles. The van der Waals surface area contributed by atoms with E-state index in [0.717, 1.165) is 32.6 Å². The van der Waals surface area contributed by atoms with Gasteiger partial charge in [-0.3, -0.25) is 4.98 Å². The van der Waals surface area contributed by atoms with Gasteiger partial charge >= 0.3 is 6.18 Å². The van der Waals surface area contributed by atoms with Crippen molar-refractivity contribution >= 4 is 11.5 Å². The lowest BCUT2D eigenvalue weighted by Crippen LogP contribution is -2.21. The van der Waals surface area contributed by atoms with Crippen LogP contribution in [0, 0.1) is 5.82 Å². The maximum Gasteiger partial charge on any atom is 0.395 e. The average molecular weight is 427 g/mol. The highest BCUT2D eigenvalue weighted by Crippen LogP contribution is 2.34. The van der Waals surface area contributed by atoms with Gasteiger partial charge in [0.25, 0.3) is 0 Å². The molecule has 3 aromatic heterocycles. The van der Waals surface area contributed by atoms with E-state index in [1.165, 1.54) is 28.9 Å². The molecule has 2 atom stereocenters. The number of rotatable bonds is 2. The number of nitrogen functional groups attached to an aromatic ring is 1. The fraction of sp³-hybridized carbons (Fsp3) is 0.421. The van der Waals surface area contributed by atoms with Gasteiger partial charge in [0.05, 0.1) is 36.0 Å². The summed E-state index contributed by atoms with van der Waals surface area (Å²) >= 11 is 0. The number of ether oxygens (including phenoxy) is 1. The Morgan fingerprint density at radius 3 is 2.57 bits per heavy atom. The Bertz CT molecular complexity index is 985. The second-order valence-corrected chi connectivity index (χ2v) is 6.90. The third-order valence-electron chi connectivity index (χ3n) is 4.64. The molecule has 0 spiro atoms. The molecule has 7 nitrogen and oxygen atoms in total. The van der Waals surface area contributed by atoms with Crippen LogP contribution in [-0.2, 0) is 4.74 Å². The standard InChI is InChI=1S/C14H11F4N5.C5H10O2/c1-7(14(16,17)18)8-2-3-11(20-5-8)12-10(15)4-9-6-21-13(19)22-23(9)12;6-5-2-1-3-7-4-5/h2-7H,1H3,(H2,19,22);5-6H,1-4H2. The van der Waals surface area contributed by atoms with E-state index in [1.807, 2.05) is 0 Å². The van der Waals surface area contributed by atoms with Crippen LogP contribution in [0.1, 0.15) is 31.2 Å². The van der Waals surface area contributed by atoms with Crippen LogP contribution in [0.4, 0.5) is 23.5 Å². The van der Waals surface area contributed by atoms with Crippen LogP contribution in [0.15, 0.2) is 30.6 Å². The van der Waals surface area contributed by atoms with Crippen LogP contribution in [0.5, 0.6) is 0 Å². The number of alkyl halides is 3. The van der Waals surface area contributed by atoms with E-state index in [9.17, 15) is 17.6 Å². The third kappa shape index (κ3) is 5.03. The largest absolute Gasteiger partial charge is 0.395 e. The summed E-state index contributed by atoms with van der Waals surface area (Å²) in [7, 11) is 0. The molecular weight excluding hydrogens is 406 g/mol. The van der Waals surface area contributed by atoms with Gasteiger partial charge in [-0.2, -0.15) is 13.2 Å². The molecule has 1 saturated heterocycles. The lowest BCUT2D eigenvalue weighted by atomic mass is 10.0. The summed E-state index contributed by atoms with van der Waals surface area (Å²) in [6.07, 6.45) is -0.195. The first kappa shape index (κ1) is 21.9. The molecule has 1 aliphatic rings. The van der Waals surface area contributed by atoms with Crippen molar-refractivity contribution in [2.24, 2.45) is 0 Å². The molecule has 30 heavy (non-hydrogen) atoms. The fourth-order valence-corrected chi connectivity index (χ4v) is 2.89. The zero-order valence-corrected chi connectivity index (χ0v) is 16.1. The Morgan fingerprint density at radius 2 is 2.03 bits per heavy atom. The van der Waals surface area contributed by atoms with Crippen LogP contribution in [0.2, 0.25) is 0 Å². The number of fused-ring (bicyclic) bond motifs is 1. The number of anilines is 1. The van der Waals surface area contributed by atoms with E-state index in [0.29, 0.717) is 12.1 Å². The van der Waals surface area contributed by atoms with Crippen molar-refractivity contribution in [1.82, 2.24) is 19.6 Å². The minimum atomic E-state index is -4.36. The predicted molar refractivity (Wildman–Crippen MR) is 101 cm³/mol. The van der Waals surface area contributed by atoms with Crippen LogP contribution in [0.3, 0.4) is 0 Å². The fourth-order valence-electron chi connectivity index (χ4n) is 2.89. The Hall–Kier alpha value is -2.79. The van der Waals surface area contributed by atoms with Crippen LogP contribution >= 0.6 is 0 Å². The topological polar surface area (TPSA) is 98.6 Å². The van der Waals surface area contributed by atoms with Crippen LogP contribution in [0.25, 0.3) is 16.9 Å². The van der Waals surface area contributed by atoms with E-state index < -0.39 is 17.9 Å². The summed E-state index contributed by atoms with van der Waals surface area (Å²) in [6, 6.07) is 3.79. The minimum absolute atomic E-state index is 0.00309. The Morgan fingerprint density at radius 1 is 1.27 bits per heavy atom. The molecule has 0 radical (unpaired) electrons. The number of aromatic nitrogens is 4. The van der Waals surface area contributed by atoms with Crippen LogP contribution < -0.4 is 5.73 Å². The highest BCUT2D eigenvalue weighted by molar-refractivity contribution is 5.64. The number of pyridine rings is 1. The molecule has 0 saturated carbocycles. The summed E-state index contributed by atoms with van der Waals surface area (Å²) in [5, 5.41) is 12.7. The molecule has 4 rings (SSSR count). The Kier molecular flexibility index (Phi) is 6.52. The molecule has 3 aromatic rings. The number of halogens is 4. The second kappa shape index (κ2) is 8.92. The molecule has 0 aliphatic carbocycles. The Balaban J connectivity index is 0.000000310. The predicted octanol–water partition coefficient (Wildman–Crippen LogP) is 3.34. The summed E-state index contributed by atoms with van der Waals surface area (Å²) in [4.78, 5) is 7.69. The lowest BCUT2D eigenvalue weighted by molar-refractivity contribution is -0.146. The molecular formula is C19H21F4N5O2. The summed E-state index contributed by atoms with van der Waals surface area (Å²) in [6.45, 7) is 2.41. The van der Waals surface area contributed by atoms with Crippen molar-refractivity contribution in [3.05, 3.63) is 42.0 Å². The highest BCUT2D eigenvalue weighted by Gasteiger charge is 2.37. The van der Waals surface area contributed by atoms with E-state index in [4.69, 9.17) is 15.6 Å². The van der Waals surface area contributed by atoms with E-state index in [1.54, 1.807) is 0 Å². The number of aliphatic hydroxyl groups excluding tert-OH is 1. The maximum atomic E-state index is 14.1. The van der Waals surface area contributed by atoms with Gasteiger partial charge in [-0.1, -0.05) is 6.07 Å². The maximum absolute atomic E-state index is 14.1. The van der Waals surface area contributed by atoms with Crippen molar-refractivity contribution in [3.8, 4) is 11.4 Å². The summed E-state index contributed by atoms with van der Waals surface area (Å²) in [5.74, 6) is -2.33. The quantitative estimate of drug-likeness (QED) is 0.609. The summed E-state index contributed by atoms with van der Waals surface area (Å²) in [5.41, 5.74) is 6.01. The monoisotopic (exact) mass is 427 g/mol. The zero-order valence-electron chi connectivity index (χ0n) is 16.1. The first-order valence-electron chi connectivity index (χ1n) is 9.25. The second-order valence-electron chi connectivity index (χ2n) is 6.90. The molecule has 11 heteroatoms. The molecule has 0 bridgehead atoms. The molecule has 1 fully saturated rings. The van der Waals surface area contributed by atoms with Crippen molar-refractivity contribution in [3.63, 3.8) is 0 Å². The van der Waals surface area contributed by atoms with Crippen molar-refractivity contribution in [1.29, 1.82) is 0 Å². The van der Waals surface area contributed by atoms with Crippen LogP contribution in [-0.4, -0.2) is 50.2 Å². The molecule has 0 amide bonds. The average Bonchev–Trinajstić information content (AvgIpc) is 3.03. The van der Waals surface area contributed by atoms with Gasteiger partial charge in [0.15, 0.2) is 5.82 Å². The number of nitrogens with two attached hydrogens (primary N) is 1. The third-order valence-corrected chi connectivity index (χ3v) is 4.64. The smallest absolute Gasteiger partial charge is 0.391 e. The molecule has 0 aromatic carbocycles. The van der Waals surface area contributed by atoms with E-state index in [2.05, 4.69) is 15.1 Å². The van der Waals surface area contributed by atoms with E-state index in [-0.39, 0.29) is 29.0 Å². The minimum Gasteiger partial charge on any atom is -0.391 e. The van der Waals surface area contributed by atoms with Gasteiger partial charge in [-0.05, 0) is 31.4 Å². The van der Waals surface area contributed by atoms with Gasteiger partial charge in [-0.15, -0.1) is 5.10 Å². The molecule has 1 aliphatic heterocycles. The van der Waals surface area contributed by atoms with Crippen molar-refractivity contribution < 1.29 is 27.4 Å². The van der Waals surface area contributed by atoms with Gasteiger partial charge < -0.3 is 15.6 Å². The normalized spacial score (nSPS) is 18.0. The van der Waals surface area contributed by atoms with Gasteiger partial charge in [0.2, 0.25) is 5.95 Å². The zero-order chi connectivity index (χ0) is 21.9. The first-order chi connectivity index (χ1) is 14.2. The van der Waals surface area contributed by atoms with Gasteiger partial charge in [0.1, 0.15) is 5.69 Å². The molecule has 162 valence electrons. The Labute approximate surface area is 169 Å². The first-order valence-corrected chi connectivity index (χ1v) is 9.25. The van der Waals surface area contributed by atoms with Crippen molar-refractivity contribution in [2.45, 2.75) is 38.0 Å².